The lowest BCUT2D eigenvalue weighted by atomic mass is 9.86. The summed E-state index contributed by atoms with van der Waals surface area (Å²) in [5, 5.41) is 3.49. The van der Waals surface area contributed by atoms with Crippen molar-refractivity contribution in [2.75, 3.05) is 68.9 Å². The number of anilines is 2. The number of carbonyl (C=O) groups is 1. The smallest absolute Gasteiger partial charge is 0.281 e. The topological polar surface area (TPSA) is 145 Å². The molecule has 0 aromatic carbocycles. The lowest BCUT2D eigenvalue weighted by molar-refractivity contribution is -0.120. The molecular weight excluding hydrogens is 667 g/mol. The fourth-order valence-electron chi connectivity index (χ4n) is 9.23. The number of piperidine rings is 1. The van der Waals surface area contributed by atoms with Crippen LogP contribution in [0.15, 0.2) is 6.20 Å². The summed E-state index contributed by atoms with van der Waals surface area (Å²) in [5.74, 6) is 2.00. The zero-order valence-corrected chi connectivity index (χ0v) is 30.9. The van der Waals surface area contributed by atoms with Crippen molar-refractivity contribution in [3.05, 3.63) is 11.8 Å². The van der Waals surface area contributed by atoms with Gasteiger partial charge in [0.05, 0.1) is 18.3 Å². The molecule has 13 nitrogen and oxygen atoms in total. The molecule has 5 fully saturated rings. The zero-order valence-electron chi connectivity index (χ0n) is 29.3. The third kappa shape index (κ3) is 7.39. The van der Waals surface area contributed by atoms with E-state index in [4.69, 9.17) is 9.17 Å². The van der Waals surface area contributed by atoms with Crippen LogP contribution in [0.25, 0.3) is 0 Å². The van der Waals surface area contributed by atoms with Gasteiger partial charge >= 0.3 is 0 Å². The van der Waals surface area contributed by atoms with E-state index in [9.17, 15) is 21.6 Å². The molecule has 2 saturated carbocycles. The van der Waals surface area contributed by atoms with Crippen LogP contribution in [0.1, 0.15) is 102 Å². The molecule has 2 aliphatic carbocycles. The highest BCUT2D eigenvalue weighted by molar-refractivity contribution is 7.86. The third-order valence-corrected chi connectivity index (χ3v) is 14.9. The number of hydrogen-bond donors (Lipinski definition) is 1. The summed E-state index contributed by atoms with van der Waals surface area (Å²) in [7, 11) is -6.88. The predicted octanol–water partition coefficient (Wildman–Crippen LogP) is 3.49. The highest BCUT2D eigenvalue weighted by Crippen LogP contribution is 2.58. The van der Waals surface area contributed by atoms with Crippen LogP contribution in [0, 0.1) is 11.3 Å². The van der Waals surface area contributed by atoms with Crippen molar-refractivity contribution in [3.8, 4) is 0 Å². The average molecular weight is 722 g/mol. The first-order valence-corrected chi connectivity index (χ1v) is 21.9. The Morgan fingerprint density at radius 3 is 2.35 bits per heavy atom. The van der Waals surface area contributed by atoms with Crippen LogP contribution in [-0.4, -0.2) is 117 Å². The Bertz CT molecular complexity index is 1600. The molecule has 15 heteroatoms. The molecule has 3 unspecified atom stereocenters. The lowest BCUT2D eigenvalue weighted by Crippen LogP contribution is -2.49. The van der Waals surface area contributed by atoms with Gasteiger partial charge in [-0.15, -0.1) is 0 Å². The highest BCUT2D eigenvalue weighted by Gasteiger charge is 2.62. The molecule has 3 atom stereocenters. The van der Waals surface area contributed by atoms with Crippen LogP contribution in [0.5, 0.6) is 0 Å². The number of nitrogens with one attached hydrogen (secondary N) is 1. The molecular formula is C34H55N7O6S2. The van der Waals surface area contributed by atoms with Crippen molar-refractivity contribution in [1.82, 2.24) is 23.5 Å². The van der Waals surface area contributed by atoms with E-state index in [1.54, 1.807) is 8.61 Å². The summed E-state index contributed by atoms with van der Waals surface area (Å²) in [6.07, 6.45) is 16.3. The van der Waals surface area contributed by atoms with Gasteiger partial charge in [0.1, 0.15) is 5.82 Å². The number of unbranched alkanes of at least 4 members (excludes halogenated alkanes) is 4. The van der Waals surface area contributed by atoms with Crippen LogP contribution in [-0.2, 0) is 34.7 Å². The second kappa shape index (κ2) is 13.9. The predicted molar refractivity (Wildman–Crippen MR) is 188 cm³/mol. The number of amides is 1. The Morgan fingerprint density at radius 2 is 1.63 bits per heavy atom. The maximum absolute atomic E-state index is 13.8. The number of carbonyl (C=O) groups excluding carboxylic acids is 1. The summed E-state index contributed by atoms with van der Waals surface area (Å²) in [6, 6.07) is 0.281. The molecule has 4 aliphatic heterocycles. The van der Waals surface area contributed by atoms with Crippen molar-refractivity contribution >= 4 is 38.0 Å². The van der Waals surface area contributed by atoms with Crippen LogP contribution >= 0.6 is 0 Å². The Labute approximate surface area is 292 Å². The number of rotatable bonds is 14. The minimum Gasteiger partial charge on any atom is -0.351 e. The largest absolute Gasteiger partial charge is 0.351 e. The Morgan fingerprint density at radius 1 is 0.898 bits per heavy atom. The van der Waals surface area contributed by atoms with E-state index in [0.29, 0.717) is 50.9 Å². The van der Waals surface area contributed by atoms with Crippen LogP contribution < -0.4 is 10.2 Å². The van der Waals surface area contributed by atoms with Gasteiger partial charge in [-0.25, -0.2) is 4.98 Å². The Kier molecular flexibility index (Phi) is 10.1. The minimum atomic E-state index is -3.53. The Balaban J connectivity index is 0.862. The molecule has 1 amide bonds. The molecule has 0 radical (unpaired) electrons. The van der Waals surface area contributed by atoms with Crippen molar-refractivity contribution in [3.63, 3.8) is 0 Å². The van der Waals surface area contributed by atoms with E-state index in [-0.39, 0.29) is 30.0 Å². The van der Waals surface area contributed by atoms with Gasteiger partial charge in [-0.1, -0.05) is 32.6 Å². The van der Waals surface area contributed by atoms with Crippen LogP contribution in [0.2, 0.25) is 0 Å². The average Bonchev–Trinajstić information content (AvgIpc) is 3.28. The molecule has 1 aromatic heterocycles. The van der Waals surface area contributed by atoms with E-state index < -0.39 is 25.7 Å². The van der Waals surface area contributed by atoms with E-state index >= 15 is 0 Å². The number of nitrogens with zero attached hydrogens (tertiary/aromatic N) is 6. The van der Waals surface area contributed by atoms with Crippen LogP contribution in [0.4, 0.5) is 11.8 Å². The number of likely N-dealkylation sites (tertiary alicyclic amines) is 1. The summed E-state index contributed by atoms with van der Waals surface area (Å²) in [6.45, 7) is 7.62. The highest BCUT2D eigenvalue weighted by atomic mass is 32.2. The summed E-state index contributed by atoms with van der Waals surface area (Å²) < 4.78 is 57.9. The van der Waals surface area contributed by atoms with E-state index in [0.717, 1.165) is 114 Å². The normalized spacial score (nSPS) is 29.5. The van der Waals surface area contributed by atoms with Gasteiger partial charge in [-0.05, 0) is 88.6 Å². The maximum atomic E-state index is 13.8. The SMILES string of the molecule is CC1CCCC1N1C(=O)C2(CC2)c2cnc(NC3CCN(S(=O)(=O)N4CCC5(CCN(CCCCCCCOS(C)(=O)=O)C5)C4)CC3)nc21. The zero-order chi connectivity index (χ0) is 34.4. The van der Waals surface area contributed by atoms with Crippen LogP contribution in [0.3, 0.4) is 0 Å². The maximum Gasteiger partial charge on any atom is 0.281 e. The molecule has 0 bridgehead atoms. The molecule has 3 saturated heterocycles. The lowest BCUT2D eigenvalue weighted by Gasteiger charge is -2.34. The molecule has 5 heterocycles. The minimum absolute atomic E-state index is 0.0471. The fourth-order valence-corrected chi connectivity index (χ4v) is 11.4. The first-order chi connectivity index (χ1) is 23.4. The van der Waals surface area contributed by atoms with Gasteiger partial charge < -0.3 is 10.2 Å². The summed E-state index contributed by atoms with van der Waals surface area (Å²) in [5.41, 5.74) is 0.636. The molecule has 2 spiro atoms. The van der Waals surface area contributed by atoms with Gasteiger partial charge in [0, 0.05) is 56.6 Å². The van der Waals surface area contributed by atoms with E-state index in [2.05, 4.69) is 22.1 Å². The van der Waals surface area contributed by atoms with Crippen molar-refractivity contribution in [2.24, 2.45) is 11.3 Å². The van der Waals surface area contributed by atoms with Gasteiger partial charge in [0.25, 0.3) is 20.3 Å². The fraction of sp³-hybridized carbons (Fsp3) is 0.853. The molecule has 1 aromatic rings. The van der Waals surface area contributed by atoms with Gasteiger partial charge in [0.2, 0.25) is 11.9 Å². The summed E-state index contributed by atoms with van der Waals surface area (Å²) in [4.78, 5) is 27.7. The van der Waals surface area contributed by atoms with E-state index in [1.165, 1.54) is 0 Å². The molecule has 49 heavy (non-hydrogen) atoms. The first-order valence-electron chi connectivity index (χ1n) is 18.7. The van der Waals surface area contributed by atoms with Crippen molar-refractivity contribution in [1.29, 1.82) is 0 Å². The van der Waals surface area contributed by atoms with Gasteiger partial charge in [0.15, 0.2) is 0 Å². The molecule has 1 N–H and O–H groups in total. The van der Waals surface area contributed by atoms with Crippen molar-refractivity contribution in [2.45, 2.75) is 114 Å². The second-order valence-corrected chi connectivity index (χ2v) is 19.5. The standard InChI is InChI=1S/C34H55N7O6S2/c1-26-9-8-10-29(26)41-30-28(34(13-14-34)31(41)42)23-35-32(37-30)36-27-11-18-39(19-12-27)49(45,46)40-21-16-33(25-40)15-20-38(24-33)17-6-4-3-5-7-22-47-48(2,43)44/h23,26-27,29H,3-22,24-25H2,1-2H3,(H,35,36,37). The number of hydrogen-bond acceptors (Lipinski definition) is 10. The number of aromatic nitrogens is 2. The third-order valence-electron chi connectivity index (χ3n) is 12.3. The van der Waals surface area contributed by atoms with Crippen molar-refractivity contribution < 1.29 is 25.8 Å². The van der Waals surface area contributed by atoms with E-state index in [1.807, 2.05) is 11.1 Å². The molecule has 7 rings (SSSR count). The number of fused-ring (bicyclic) bond motifs is 2. The monoisotopic (exact) mass is 721 g/mol. The summed E-state index contributed by atoms with van der Waals surface area (Å²) >= 11 is 0. The quantitative estimate of drug-likeness (QED) is 0.224. The van der Waals surface area contributed by atoms with Gasteiger partial charge in [-0.2, -0.15) is 30.4 Å². The molecule has 274 valence electrons. The second-order valence-electron chi connectivity index (χ2n) is 15.9. The first kappa shape index (κ1) is 35.5. The Hall–Kier alpha value is -1.91. The molecule has 6 aliphatic rings. The van der Waals surface area contributed by atoms with Gasteiger partial charge in [-0.3, -0.25) is 13.9 Å².